The lowest BCUT2D eigenvalue weighted by Crippen LogP contribution is -2.45. The Morgan fingerprint density at radius 3 is 2.50 bits per heavy atom. The number of carbonyl (C=O) groups excluding carboxylic acids is 1. The van der Waals surface area contributed by atoms with Gasteiger partial charge < -0.3 is 10.1 Å². The summed E-state index contributed by atoms with van der Waals surface area (Å²) in [5, 5.41) is 1.40. The van der Waals surface area contributed by atoms with Crippen molar-refractivity contribution in [3.8, 4) is 0 Å². The zero-order chi connectivity index (χ0) is 18.0. The lowest BCUT2D eigenvalue weighted by Gasteiger charge is -2.19. The predicted octanol–water partition coefficient (Wildman–Crippen LogP) is -0.0823. The second kappa shape index (κ2) is 7.16. The van der Waals surface area contributed by atoms with E-state index in [1.54, 1.807) is 6.92 Å². The number of hydrogen-bond acceptors (Lipinski definition) is 7. The highest BCUT2D eigenvalue weighted by atomic mass is 32.2. The van der Waals surface area contributed by atoms with E-state index in [2.05, 4.69) is 5.32 Å². The van der Waals surface area contributed by atoms with E-state index < -0.39 is 54.3 Å². The Morgan fingerprint density at radius 2 is 1.92 bits per heavy atom. The van der Waals surface area contributed by atoms with Gasteiger partial charge in [-0.15, -0.1) is 0 Å². The topological polar surface area (TPSA) is 107 Å². The van der Waals surface area contributed by atoms with E-state index in [0.29, 0.717) is 0 Å². The Labute approximate surface area is 140 Å². The van der Waals surface area contributed by atoms with Crippen molar-refractivity contribution in [1.82, 2.24) is 5.32 Å². The fourth-order valence-corrected chi connectivity index (χ4v) is 7.25. The minimum absolute atomic E-state index is 0.158. The summed E-state index contributed by atoms with van der Waals surface area (Å²) in [6, 6.07) is 3.25. The molecule has 1 aliphatic rings. The number of esters is 1. The average molecular weight is 379 g/mol. The van der Waals surface area contributed by atoms with Crippen molar-refractivity contribution in [3.05, 3.63) is 30.1 Å². The molecule has 1 aromatic carbocycles. The lowest BCUT2D eigenvalue weighted by atomic mass is 10.2. The highest BCUT2D eigenvalue weighted by Crippen LogP contribution is 2.26. The van der Waals surface area contributed by atoms with Crippen molar-refractivity contribution in [2.75, 3.05) is 24.7 Å². The highest BCUT2D eigenvalue weighted by Gasteiger charge is 2.45. The van der Waals surface area contributed by atoms with E-state index in [-0.39, 0.29) is 18.0 Å². The van der Waals surface area contributed by atoms with E-state index >= 15 is 0 Å². The maximum Gasteiger partial charge on any atom is 0.319 e. The van der Waals surface area contributed by atoms with E-state index in [4.69, 9.17) is 4.74 Å². The molecule has 0 amide bonds. The van der Waals surface area contributed by atoms with Gasteiger partial charge in [-0.1, -0.05) is 0 Å². The zero-order valence-electron chi connectivity index (χ0n) is 12.9. The van der Waals surface area contributed by atoms with Crippen LogP contribution in [-0.4, -0.2) is 58.8 Å². The van der Waals surface area contributed by atoms with E-state index in [1.807, 2.05) is 0 Å². The first-order valence-corrected chi connectivity index (χ1v) is 10.6. The minimum atomic E-state index is -4.00. The molecule has 2 atom stereocenters. The van der Waals surface area contributed by atoms with Gasteiger partial charge in [0.25, 0.3) is 0 Å². The molecule has 0 saturated carbocycles. The van der Waals surface area contributed by atoms with Crippen LogP contribution < -0.4 is 5.32 Å². The quantitative estimate of drug-likeness (QED) is 0.544. The summed E-state index contributed by atoms with van der Waals surface area (Å²) < 4.78 is 66.8. The normalized spacial score (nSPS) is 23.1. The first kappa shape index (κ1) is 18.8. The van der Waals surface area contributed by atoms with Crippen LogP contribution in [0.1, 0.15) is 6.92 Å². The molecule has 0 radical (unpaired) electrons. The molecule has 1 heterocycles. The Hall–Kier alpha value is -1.52. The Kier molecular flexibility index (Phi) is 5.61. The van der Waals surface area contributed by atoms with Crippen LogP contribution in [0.3, 0.4) is 0 Å². The van der Waals surface area contributed by atoms with E-state index in [9.17, 15) is 26.0 Å². The predicted molar refractivity (Wildman–Crippen MR) is 84.5 cm³/mol. The number of hydrogen-bond donors (Lipinski definition) is 1. The third-order valence-corrected chi connectivity index (χ3v) is 7.82. The highest BCUT2D eigenvalue weighted by molar-refractivity contribution is 7.96. The summed E-state index contributed by atoms with van der Waals surface area (Å²) in [5.74, 6) is -2.13. The van der Waals surface area contributed by atoms with Gasteiger partial charge in [-0.05, 0) is 31.2 Å². The van der Waals surface area contributed by atoms with E-state index in [1.165, 1.54) is 0 Å². The van der Waals surface area contributed by atoms with Crippen LogP contribution in [0.5, 0.6) is 0 Å². The molecule has 0 bridgehead atoms. The van der Waals surface area contributed by atoms with Crippen LogP contribution in [0, 0.1) is 5.82 Å². The standard InChI is InChI=1S/C14H18FNO6S2/c1-2-22-14(17)7-16-12-8-23(18,19)9-13(12)24(20,21)11-5-3-10(15)4-6-11/h3-6,12-13,16H,2,7-9H2,1H3/t12-,13-/m0/s1. The van der Waals surface area contributed by atoms with Gasteiger partial charge >= 0.3 is 5.97 Å². The zero-order valence-corrected chi connectivity index (χ0v) is 14.6. The summed E-state index contributed by atoms with van der Waals surface area (Å²) in [4.78, 5) is 11.2. The molecule has 0 aliphatic carbocycles. The van der Waals surface area contributed by atoms with Crippen molar-refractivity contribution in [2.24, 2.45) is 0 Å². The van der Waals surface area contributed by atoms with Crippen molar-refractivity contribution in [3.63, 3.8) is 0 Å². The summed E-state index contributed by atoms with van der Waals surface area (Å²) in [6.07, 6.45) is 0. The van der Waals surface area contributed by atoms with Gasteiger partial charge in [0.15, 0.2) is 19.7 Å². The lowest BCUT2D eigenvalue weighted by molar-refractivity contribution is -0.142. The smallest absolute Gasteiger partial charge is 0.319 e. The minimum Gasteiger partial charge on any atom is -0.465 e. The van der Waals surface area contributed by atoms with Crippen LogP contribution in [0.2, 0.25) is 0 Å². The molecule has 0 aromatic heterocycles. The average Bonchev–Trinajstić information content (AvgIpc) is 2.82. The fourth-order valence-electron chi connectivity index (χ4n) is 2.54. The van der Waals surface area contributed by atoms with Gasteiger partial charge in [-0.2, -0.15) is 0 Å². The van der Waals surface area contributed by atoms with Crippen LogP contribution >= 0.6 is 0 Å². The number of rotatable bonds is 6. The first-order chi connectivity index (χ1) is 11.2. The van der Waals surface area contributed by atoms with Crippen molar-refractivity contribution in [2.45, 2.75) is 23.1 Å². The van der Waals surface area contributed by atoms with Gasteiger partial charge in [-0.3, -0.25) is 4.79 Å². The maximum absolute atomic E-state index is 13.0. The largest absolute Gasteiger partial charge is 0.465 e. The molecule has 1 aliphatic heterocycles. The van der Waals surface area contributed by atoms with Gasteiger partial charge in [0.2, 0.25) is 0 Å². The second-order valence-electron chi connectivity index (χ2n) is 5.41. The van der Waals surface area contributed by atoms with Crippen molar-refractivity contribution >= 4 is 25.6 Å². The molecular weight excluding hydrogens is 361 g/mol. The van der Waals surface area contributed by atoms with E-state index in [0.717, 1.165) is 24.3 Å². The number of benzene rings is 1. The number of halogens is 1. The Morgan fingerprint density at radius 1 is 1.29 bits per heavy atom. The van der Waals surface area contributed by atoms with Crippen molar-refractivity contribution < 1.29 is 30.8 Å². The third-order valence-electron chi connectivity index (χ3n) is 3.66. The molecule has 0 unspecified atom stereocenters. The molecule has 24 heavy (non-hydrogen) atoms. The fraction of sp³-hybridized carbons (Fsp3) is 0.500. The Balaban J connectivity index is 2.24. The molecule has 1 saturated heterocycles. The molecule has 10 heteroatoms. The molecule has 134 valence electrons. The third kappa shape index (κ3) is 4.31. The number of sulfone groups is 2. The molecule has 1 aromatic rings. The van der Waals surface area contributed by atoms with Crippen molar-refractivity contribution in [1.29, 1.82) is 0 Å². The summed E-state index contributed by atoms with van der Waals surface area (Å²) >= 11 is 0. The second-order valence-corrected chi connectivity index (χ2v) is 9.73. The number of nitrogens with one attached hydrogen (secondary N) is 1. The summed E-state index contributed by atoms with van der Waals surface area (Å²) in [5.41, 5.74) is 0. The molecular formula is C14H18FNO6S2. The molecule has 0 spiro atoms. The first-order valence-electron chi connectivity index (χ1n) is 7.24. The van der Waals surface area contributed by atoms with Crippen LogP contribution in [0.15, 0.2) is 29.2 Å². The molecule has 1 N–H and O–H groups in total. The van der Waals surface area contributed by atoms with Gasteiger partial charge in [0, 0.05) is 6.04 Å². The maximum atomic E-state index is 13.0. The van der Waals surface area contributed by atoms with Crippen LogP contribution in [-0.2, 0) is 29.2 Å². The van der Waals surface area contributed by atoms with Crippen LogP contribution in [0.4, 0.5) is 4.39 Å². The SMILES string of the molecule is CCOC(=O)CN[C@H]1CS(=O)(=O)C[C@@H]1S(=O)(=O)c1ccc(F)cc1. The summed E-state index contributed by atoms with van der Waals surface area (Å²) in [6.45, 7) is 1.50. The van der Waals surface area contributed by atoms with Gasteiger partial charge in [-0.25, -0.2) is 21.2 Å². The number of ether oxygens (including phenoxy) is 1. The molecule has 1 fully saturated rings. The van der Waals surface area contributed by atoms with Gasteiger partial charge in [0.05, 0.1) is 34.8 Å². The monoisotopic (exact) mass is 379 g/mol. The van der Waals surface area contributed by atoms with Gasteiger partial charge in [0.1, 0.15) is 5.82 Å². The molecule has 7 nitrogen and oxygen atoms in total. The summed E-state index contributed by atoms with van der Waals surface area (Å²) in [7, 11) is -7.57. The number of carbonyl (C=O) groups is 1. The van der Waals surface area contributed by atoms with Crippen LogP contribution in [0.25, 0.3) is 0 Å². The Bertz CT molecular complexity index is 804. The molecule has 2 rings (SSSR count).